The Balaban J connectivity index is 1.98. The van der Waals surface area contributed by atoms with Crippen LogP contribution in [0.5, 0.6) is 0 Å². The normalized spacial score (nSPS) is 11.9. The SMILES string of the molecule is Cc1ccc2oc(-c3ccc(Cl)cc3)cc(=Nc3ccc(Br)cc3)c2c1. The fraction of sp³-hybridized carbons (Fsp3) is 0.0455. The van der Waals surface area contributed by atoms with E-state index >= 15 is 0 Å². The van der Waals surface area contributed by atoms with E-state index in [2.05, 4.69) is 28.9 Å². The summed E-state index contributed by atoms with van der Waals surface area (Å²) >= 11 is 9.47. The summed E-state index contributed by atoms with van der Waals surface area (Å²) in [6.07, 6.45) is 0. The summed E-state index contributed by atoms with van der Waals surface area (Å²) in [4.78, 5) is 4.85. The first-order chi connectivity index (χ1) is 12.6. The Morgan fingerprint density at radius 1 is 0.885 bits per heavy atom. The van der Waals surface area contributed by atoms with Crippen LogP contribution in [0.2, 0.25) is 5.02 Å². The largest absolute Gasteiger partial charge is 0.456 e. The highest BCUT2D eigenvalue weighted by atomic mass is 79.9. The maximum atomic E-state index is 6.13. The number of hydrogen-bond donors (Lipinski definition) is 0. The van der Waals surface area contributed by atoms with Gasteiger partial charge in [-0.1, -0.05) is 39.2 Å². The molecule has 0 aliphatic carbocycles. The quantitative estimate of drug-likeness (QED) is 0.338. The van der Waals surface area contributed by atoms with Gasteiger partial charge in [0.1, 0.15) is 11.3 Å². The Bertz CT molecular complexity index is 1150. The molecule has 0 fully saturated rings. The molecule has 1 heterocycles. The third-order valence-electron chi connectivity index (χ3n) is 4.10. The lowest BCUT2D eigenvalue weighted by molar-refractivity contribution is 0.618. The van der Waals surface area contributed by atoms with Crippen molar-refractivity contribution in [2.75, 3.05) is 0 Å². The van der Waals surface area contributed by atoms with Crippen LogP contribution >= 0.6 is 27.5 Å². The van der Waals surface area contributed by atoms with E-state index in [0.717, 1.165) is 37.8 Å². The number of halogens is 2. The summed E-state index contributed by atoms with van der Waals surface area (Å²) in [6.45, 7) is 2.07. The van der Waals surface area contributed by atoms with Crippen LogP contribution in [-0.2, 0) is 0 Å². The predicted octanol–water partition coefficient (Wildman–Crippen LogP) is 7.06. The molecule has 128 valence electrons. The van der Waals surface area contributed by atoms with Crippen molar-refractivity contribution < 1.29 is 4.42 Å². The molecule has 0 bridgehead atoms. The van der Waals surface area contributed by atoms with Gasteiger partial charge >= 0.3 is 0 Å². The Hall–Kier alpha value is -2.36. The Kier molecular flexibility index (Phi) is 4.66. The van der Waals surface area contributed by atoms with Crippen molar-refractivity contribution in [3.8, 4) is 11.3 Å². The second-order valence-corrected chi connectivity index (χ2v) is 7.44. The van der Waals surface area contributed by atoms with Gasteiger partial charge in [0.25, 0.3) is 0 Å². The van der Waals surface area contributed by atoms with E-state index in [0.29, 0.717) is 5.02 Å². The van der Waals surface area contributed by atoms with Gasteiger partial charge in [0.05, 0.1) is 11.0 Å². The van der Waals surface area contributed by atoms with Crippen LogP contribution in [0.1, 0.15) is 5.56 Å². The van der Waals surface area contributed by atoms with Crippen LogP contribution in [0.3, 0.4) is 0 Å². The van der Waals surface area contributed by atoms with Crippen molar-refractivity contribution in [1.82, 2.24) is 0 Å². The molecule has 0 unspecified atom stereocenters. The van der Waals surface area contributed by atoms with Crippen molar-refractivity contribution in [3.05, 3.63) is 93.2 Å². The number of benzene rings is 3. The van der Waals surface area contributed by atoms with E-state index in [4.69, 9.17) is 21.0 Å². The van der Waals surface area contributed by atoms with Crippen LogP contribution in [0.4, 0.5) is 5.69 Å². The molecule has 0 aliphatic rings. The van der Waals surface area contributed by atoms with Crippen molar-refractivity contribution in [2.24, 2.45) is 4.99 Å². The summed E-state index contributed by atoms with van der Waals surface area (Å²) in [7, 11) is 0. The summed E-state index contributed by atoms with van der Waals surface area (Å²) in [6, 6.07) is 23.7. The zero-order valence-electron chi connectivity index (χ0n) is 14.0. The second kappa shape index (κ2) is 7.10. The van der Waals surface area contributed by atoms with Gasteiger partial charge in [-0.2, -0.15) is 0 Å². The monoisotopic (exact) mass is 423 g/mol. The first-order valence-corrected chi connectivity index (χ1v) is 9.36. The molecule has 0 saturated carbocycles. The minimum atomic E-state index is 0.699. The topological polar surface area (TPSA) is 25.5 Å². The van der Waals surface area contributed by atoms with Crippen LogP contribution in [0.15, 0.2) is 86.7 Å². The number of rotatable bonds is 2. The van der Waals surface area contributed by atoms with Crippen LogP contribution in [-0.4, -0.2) is 0 Å². The molecular weight excluding hydrogens is 410 g/mol. The molecule has 3 aromatic carbocycles. The molecule has 2 nitrogen and oxygen atoms in total. The van der Waals surface area contributed by atoms with Crippen molar-refractivity contribution in [2.45, 2.75) is 6.92 Å². The van der Waals surface area contributed by atoms with Gasteiger partial charge in [-0.25, -0.2) is 4.99 Å². The van der Waals surface area contributed by atoms with Gasteiger partial charge in [0, 0.05) is 26.5 Å². The van der Waals surface area contributed by atoms with Gasteiger partial charge in [-0.05, 0) is 67.6 Å². The van der Waals surface area contributed by atoms with E-state index in [-0.39, 0.29) is 0 Å². The molecule has 0 spiro atoms. The maximum Gasteiger partial charge on any atom is 0.136 e. The minimum Gasteiger partial charge on any atom is -0.456 e. The number of aryl methyl sites for hydroxylation is 1. The average molecular weight is 425 g/mol. The van der Waals surface area contributed by atoms with Gasteiger partial charge in [0.15, 0.2) is 0 Å². The molecule has 4 rings (SSSR count). The highest BCUT2D eigenvalue weighted by Crippen LogP contribution is 2.25. The number of fused-ring (bicyclic) bond motifs is 1. The molecule has 0 aliphatic heterocycles. The van der Waals surface area contributed by atoms with Crippen LogP contribution < -0.4 is 5.36 Å². The molecule has 0 saturated heterocycles. The molecule has 0 radical (unpaired) electrons. The Morgan fingerprint density at radius 3 is 2.35 bits per heavy atom. The first-order valence-electron chi connectivity index (χ1n) is 8.19. The lowest BCUT2D eigenvalue weighted by atomic mass is 10.1. The van der Waals surface area contributed by atoms with Gasteiger partial charge in [-0.3, -0.25) is 0 Å². The molecule has 4 aromatic rings. The fourth-order valence-corrected chi connectivity index (χ4v) is 3.18. The van der Waals surface area contributed by atoms with E-state index in [1.54, 1.807) is 0 Å². The summed E-state index contributed by atoms with van der Waals surface area (Å²) < 4.78 is 7.16. The van der Waals surface area contributed by atoms with Gasteiger partial charge in [0.2, 0.25) is 0 Å². The molecule has 0 N–H and O–H groups in total. The van der Waals surface area contributed by atoms with Gasteiger partial charge < -0.3 is 4.42 Å². The van der Waals surface area contributed by atoms with Crippen LogP contribution in [0, 0.1) is 6.92 Å². The smallest absolute Gasteiger partial charge is 0.136 e. The maximum absolute atomic E-state index is 6.13. The second-order valence-electron chi connectivity index (χ2n) is 6.09. The average Bonchev–Trinajstić information content (AvgIpc) is 2.64. The summed E-state index contributed by atoms with van der Waals surface area (Å²) in [5, 5.41) is 2.57. The Labute approximate surface area is 164 Å². The summed E-state index contributed by atoms with van der Waals surface area (Å²) in [5.74, 6) is 0.758. The molecule has 4 heteroatoms. The van der Waals surface area contributed by atoms with E-state index < -0.39 is 0 Å². The third kappa shape index (κ3) is 3.59. The first kappa shape index (κ1) is 17.1. The lowest BCUT2D eigenvalue weighted by Crippen LogP contribution is -2.03. The highest BCUT2D eigenvalue weighted by Gasteiger charge is 2.07. The number of nitrogens with zero attached hydrogens (tertiary/aromatic N) is 1. The molecular formula is C22H15BrClNO. The highest BCUT2D eigenvalue weighted by molar-refractivity contribution is 9.10. The zero-order chi connectivity index (χ0) is 18.1. The number of hydrogen-bond acceptors (Lipinski definition) is 2. The molecule has 26 heavy (non-hydrogen) atoms. The third-order valence-corrected chi connectivity index (χ3v) is 4.88. The zero-order valence-corrected chi connectivity index (χ0v) is 16.4. The molecule has 0 amide bonds. The van der Waals surface area contributed by atoms with E-state index in [9.17, 15) is 0 Å². The molecule has 1 aromatic heterocycles. The lowest BCUT2D eigenvalue weighted by Gasteiger charge is -2.06. The van der Waals surface area contributed by atoms with Crippen molar-refractivity contribution >= 4 is 44.2 Å². The standard InChI is InChI=1S/C22H15BrClNO/c1-14-2-11-21-19(12-14)20(25-18-9-5-16(23)6-10-18)13-22(26-21)15-3-7-17(24)8-4-15/h2-13H,1H3. The van der Waals surface area contributed by atoms with Crippen molar-refractivity contribution in [3.63, 3.8) is 0 Å². The van der Waals surface area contributed by atoms with Crippen molar-refractivity contribution in [1.29, 1.82) is 0 Å². The Morgan fingerprint density at radius 2 is 1.62 bits per heavy atom. The minimum absolute atomic E-state index is 0.699. The predicted molar refractivity (Wildman–Crippen MR) is 111 cm³/mol. The van der Waals surface area contributed by atoms with E-state index in [1.165, 1.54) is 5.56 Å². The van der Waals surface area contributed by atoms with Crippen LogP contribution in [0.25, 0.3) is 22.3 Å². The summed E-state index contributed by atoms with van der Waals surface area (Å²) in [5.41, 5.74) is 3.83. The van der Waals surface area contributed by atoms with E-state index in [1.807, 2.05) is 66.7 Å². The fourth-order valence-electron chi connectivity index (χ4n) is 2.79. The van der Waals surface area contributed by atoms with Gasteiger partial charge in [-0.15, -0.1) is 0 Å². The molecule has 0 atom stereocenters.